The number of hydrogen-bond donors (Lipinski definition) is 2. The van der Waals surface area contributed by atoms with Gasteiger partial charge in [0.1, 0.15) is 0 Å². The van der Waals surface area contributed by atoms with E-state index in [1.807, 2.05) is 6.92 Å². The molecule has 5 nitrogen and oxygen atoms in total. The fraction of sp³-hybridized carbons (Fsp3) is 0.500. The van der Waals surface area contributed by atoms with Crippen molar-refractivity contribution in [2.24, 2.45) is 0 Å². The van der Waals surface area contributed by atoms with Crippen LogP contribution in [0.4, 0.5) is 0 Å². The minimum Gasteiger partial charge on any atom is -0.477 e. The number of aliphatic hydroxyl groups is 1. The van der Waals surface area contributed by atoms with Gasteiger partial charge in [0.15, 0.2) is 10.9 Å². The second-order valence-electron chi connectivity index (χ2n) is 3.55. The molecular formula is C10H14N2O3S. The number of aliphatic hydroxyl groups excluding tert-OH is 1. The Hall–Kier alpha value is -1.14. The highest BCUT2D eigenvalue weighted by Crippen LogP contribution is 2.22. The number of aromatic nitrogens is 2. The quantitative estimate of drug-likeness (QED) is 0.612. The third-order valence-electron chi connectivity index (χ3n) is 2.02. The normalized spacial score (nSPS) is 14.5. The molecule has 0 bridgehead atoms. The van der Waals surface area contributed by atoms with Gasteiger partial charge in [-0.15, -0.1) is 0 Å². The zero-order valence-electron chi connectivity index (χ0n) is 9.34. The average molecular weight is 242 g/mol. The van der Waals surface area contributed by atoms with Crippen LogP contribution in [0.3, 0.4) is 0 Å². The molecule has 0 aliphatic rings. The molecule has 2 atom stereocenters. The summed E-state index contributed by atoms with van der Waals surface area (Å²) >= 11 is 1.26. The fourth-order valence-corrected chi connectivity index (χ4v) is 1.85. The second kappa shape index (κ2) is 5.27. The second-order valence-corrected chi connectivity index (χ2v) is 4.89. The molecule has 0 amide bonds. The van der Waals surface area contributed by atoms with E-state index in [9.17, 15) is 9.90 Å². The Kier molecular flexibility index (Phi) is 4.26. The highest BCUT2D eigenvalue weighted by atomic mass is 32.2. The van der Waals surface area contributed by atoms with Gasteiger partial charge in [-0.1, -0.05) is 18.7 Å². The molecule has 0 fully saturated rings. The summed E-state index contributed by atoms with van der Waals surface area (Å²) in [6.07, 6.45) is -0.498. The maximum absolute atomic E-state index is 10.8. The number of carboxylic acid groups (broad SMARTS) is 1. The van der Waals surface area contributed by atoms with E-state index in [2.05, 4.69) is 9.97 Å². The summed E-state index contributed by atoms with van der Waals surface area (Å²) in [5.41, 5.74) is 0.584. The van der Waals surface area contributed by atoms with E-state index in [4.69, 9.17) is 5.11 Å². The lowest BCUT2D eigenvalue weighted by molar-refractivity contribution is 0.0689. The number of aryl methyl sites for hydroxylation is 1. The standard InChI is InChI=1S/C10H14N2O3S/c1-5-4-8(9(14)15)12-10(11-5)16-7(3)6(2)13/h4,6-7,13H,1-3H3,(H,14,15). The van der Waals surface area contributed by atoms with Crippen LogP contribution in [0.25, 0.3) is 0 Å². The molecule has 1 rings (SSSR count). The average Bonchev–Trinajstić information content (AvgIpc) is 2.16. The van der Waals surface area contributed by atoms with Gasteiger partial charge in [0.25, 0.3) is 0 Å². The number of hydrogen-bond acceptors (Lipinski definition) is 5. The van der Waals surface area contributed by atoms with Gasteiger partial charge in [0, 0.05) is 10.9 Å². The molecule has 6 heteroatoms. The molecule has 16 heavy (non-hydrogen) atoms. The topological polar surface area (TPSA) is 83.3 Å². The third kappa shape index (κ3) is 3.46. The number of rotatable bonds is 4. The van der Waals surface area contributed by atoms with Gasteiger partial charge < -0.3 is 10.2 Å². The number of thioether (sulfide) groups is 1. The lowest BCUT2D eigenvalue weighted by atomic mass is 10.3. The first kappa shape index (κ1) is 12.9. The van der Waals surface area contributed by atoms with E-state index in [0.717, 1.165) is 0 Å². The smallest absolute Gasteiger partial charge is 0.354 e. The van der Waals surface area contributed by atoms with E-state index in [1.165, 1.54) is 17.8 Å². The molecule has 2 unspecified atom stereocenters. The highest BCUT2D eigenvalue weighted by molar-refractivity contribution is 7.99. The SMILES string of the molecule is Cc1cc(C(=O)O)nc(SC(C)C(C)O)n1. The van der Waals surface area contributed by atoms with Crippen molar-refractivity contribution in [1.82, 2.24) is 9.97 Å². The van der Waals surface area contributed by atoms with Crippen LogP contribution in [0, 0.1) is 6.92 Å². The van der Waals surface area contributed by atoms with Crippen LogP contribution < -0.4 is 0 Å². The van der Waals surface area contributed by atoms with Gasteiger partial charge in [0.05, 0.1) is 6.10 Å². The zero-order valence-corrected chi connectivity index (χ0v) is 10.2. The predicted octanol–water partition coefficient (Wildman–Crippen LogP) is 1.34. The Morgan fingerprint density at radius 1 is 1.44 bits per heavy atom. The van der Waals surface area contributed by atoms with E-state index in [0.29, 0.717) is 10.9 Å². The molecule has 1 heterocycles. The maximum Gasteiger partial charge on any atom is 0.354 e. The number of carbonyl (C=O) groups is 1. The van der Waals surface area contributed by atoms with Gasteiger partial charge in [-0.25, -0.2) is 14.8 Å². The number of carboxylic acids is 1. The Balaban J connectivity index is 2.92. The van der Waals surface area contributed by atoms with Gasteiger partial charge in [0.2, 0.25) is 0 Å². The van der Waals surface area contributed by atoms with Crippen molar-refractivity contribution >= 4 is 17.7 Å². The molecule has 0 spiro atoms. The van der Waals surface area contributed by atoms with Crippen molar-refractivity contribution in [3.05, 3.63) is 17.5 Å². The summed E-state index contributed by atoms with van der Waals surface area (Å²) in [4.78, 5) is 18.8. The lowest BCUT2D eigenvalue weighted by Gasteiger charge is -2.12. The van der Waals surface area contributed by atoms with E-state index >= 15 is 0 Å². The van der Waals surface area contributed by atoms with Crippen LogP contribution in [-0.2, 0) is 0 Å². The first-order valence-electron chi connectivity index (χ1n) is 4.84. The van der Waals surface area contributed by atoms with Gasteiger partial charge in [-0.05, 0) is 19.9 Å². The minimum atomic E-state index is -1.07. The summed E-state index contributed by atoms with van der Waals surface area (Å²) in [6, 6.07) is 1.42. The Morgan fingerprint density at radius 2 is 2.06 bits per heavy atom. The Morgan fingerprint density at radius 3 is 2.56 bits per heavy atom. The van der Waals surface area contributed by atoms with E-state index in [1.54, 1.807) is 13.8 Å². The van der Waals surface area contributed by atoms with Crippen molar-refractivity contribution in [2.45, 2.75) is 37.3 Å². The molecular weight excluding hydrogens is 228 g/mol. The Bertz CT molecular complexity index is 396. The largest absolute Gasteiger partial charge is 0.477 e. The molecule has 88 valence electrons. The molecule has 1 aromatic heterocycles. The van der Waals surface area contributed by atoms with Crippen LogP contribution in [0.1, 0.15) is 30.0 Å². The number of aromatic carboxylic acids is 1. The van der Waals surface area contributed by atoms with Crippen LogP contribution in [0.5, 0.6) is 0 Å². The van der Waals surface area contributed by atoms with Crippen LogP contribution >= 0.6 is 11.8 Å². The van der Waals surface area contributed by atoms with Crippen molar-refractivity contribution in [1.29, 1.82) is 0 Å². The highest BCUT2D eigenvalue weighted by Gasteiger charge is 2.15. The third-order valence-corrected chi connectivity index (χ3v) is 3.18. The van der Waals surface area contributed by atoms with Crippen molar-refractivity contribution in [2.75, 3.05) is 0 Å². The molecule has 1 aromatic rings. The van der Waals surface area contributed by atoms with Crippen LogP contribution in [0.15, 0.2) is 11.2 Å². The van der Waals surface area contributed by atoms with Crippen LogP contribution in [0.2, 0.25) is 0 Å². The summed E-state index contributed by atoms with van der Waals surface area (Å²) in [6.45, 7) is 5.22. The predicted molar refractivity (Wildman–Crippen MR) is 60.7 cm³/mol. The monoisotopic (exact) mass is 242 g/mol. The van der Waals surface area contributed by atoms with Crippen molar-refractivity contribution in [3.8, 4) is 0 Å². The van der Waals surface area contributed by atoms with Crippen LogP contribution in [-0.4, -0.2) is 37.5 Å². The van der Waals surface area contributed by atoms with Gasteiger partial charge >= 0.3 is 5.97 Å². The first-order valence-corrected chi connectivity index (χ1v) is 5.72. The molecule has 0 aliphatic carbocycles. The van der Waals surface area contributed by atoms with Crippen molar-refractivity contribution in [3.63, 3.8) is 0 Å². The maximum atomic E-state index is 10.8. The van der Waals surface area contributed by atoms with E-state index < -0.39 is 12.1 Å². The molecule has 0 radical (unpaired) electrons. The Labute approximate surface area is 97.9 Å². The molecule has 0 saturated carbocycles. The number of nitrogens with zero attached hydrogens (tertiary/aromatic N) is 2. The molecule has 0 saturated heterocycles. The summed E-state index contributed by atoms with van der Waals surface area (Å²) in [7, 11) is 0. The molecule has 0 aromatic carbocycles. The zero-order chi connectivity index (χ0) is 12.3. The molecule has 2 N–H and O–H groups in total. The van der Waals surface area contributed by atoms with E-state index in [-0.39, 0.29) is 10.9 Å². The summed E-state index contributed by atoms with van der Waals surface area (Å²) in [5, 5.41) is 18.5. The summed E-state index contributed by atoms with van der Waals surface area (Å²) in [5.74, 6) is -1.07. The first-order chi connectivity index (χ1) is 7.40. The molecule has 0 aliphatic heterocycles. The van der Waals surface area contributed by atoms with Crippen molar-refractivity contribution < 1.29 is 15.0 Å². The fourth-order valence-electron chi connectivity index (χ4n) is 0.968. The lowest BCUT2D eigenvalue weighted by Crippen LogP contribution is -2.16. The van der Waals surface area contributed by atoms with Gasteiger partial charge in [-0.3, -0.25) is 0 Å². The van der Waals surface area contributed by atoms with Gasteiger partial charge in [-0.2, -0.15) is 0 Å². The minimum absolute atomic E-state index is 0.0206. The summed E-state index contributed by atoms with van der Waals surface area (Å²) < 4.78 is 0.